The van der Waals surface area contributed by atoms with Crippen LogP contribution < -0.4 is 5.32 Å². The SMILES string of the molecule is C=C1N=NC(=O)N/C1=N/N=C1CCC(C)CC1. The highest BCUT2D eigenvalue weighted by Gasteiger charge is 2.16. The summed E-state index contributed by atoms with van der Waals surface area (Å²) >= 11 is 0. The van der Waals surface area contributed by atoms with E-state index in [-0.39, 0.29) is 5.84 Å². The van der Waals surface area contributed by atoms with Crippen molar-refractivity contribution < 1.29 is 4.79 Å². The average Bonchev–Trinajstić information content (AvgIpc) is 2.32. The van der Waals surface area contributed by atoms with Crippen molar-refractivity contribution >= 4 is 17.6 Å². The van der Waals surface area contributed by atoms with Gasteiger partial charge in [-0.2, -0.15) is 5.10 Å². The first-order valence-electron chi connectivity index (χ1n) is 5.70. The summed E-state index contributed by atoms with van der Waals surface area (Å²) in [7, 11) is 0. The second-order valence-corrected chi connectivity index (χ2v) is 4.37. The molecule has 0 bridgehead atoms. The molecule has 1 N–H and O–H groups in total. The molecule has 1 saturated carbocycles. The van der Waals surface area contributed by atoms with Crippen molar-refractivity contribution in [2.45, 2.75) is 32.6 Å². The molecular formula is C11H15N5O. The number of hydrogen-bond acceptors (Lipinski definition) is 4. The third-order valence-corrected chi connectivity index (χ3v) is 2.90. The summed E-state index contributed by atoms with van der Waals surface area (Å²) in [6.45, 7) is 5.87. The number of azo groups is 1. The molecule has 0 saturated heterocycles. The zero-order valence-corrected chi connectivity index (χ0v) is 9.81. The predicted octanol–water partition coefficient (Wildman–Crippen LogP) is 2.64. The van der Waals surface area contributed by atoms with E-state index in [2.05, 4.69) is 39.3 Å². The van der Waals surface area contributed by atoms with Gasteiger partial charge in [0.1, 0.15) is 5.70 Å². The molecule has 1 aliphatic carbocycles. The average molecular weight is 233 g/mol. The maximum absolute atomic E-state index is 11.0. The van der Waals surface area contributed by atoms with Gasteiger partial charge in [-0.05, 0) is 31.6 Å². The highest BCUT2D eigenvalue weighted by molar-refractivity contribution is 6.08. The summed E-state index contributed by atoms with van der Waals surface area (Å²) in [5.74, 6) is 1.05. The van der Waals surface area contributed by atoms with Crippen LogP contribution in [0.2, 0.25) is 0 Å². The molecule has 6 nitrogen and oxygen atoms in total. The Morgan fingerprint density at radius 2 is 2.00 bits per heavy atom. The number of carbonyl (C=O) groups excluding carboxylic acids is 1. The van der Waals surface area contributed by atoms with Crippen LogP contribution in [0.5, 0.6) is 0 Å². The van der Waals surface area contributed by atoms with Gasteiger partial charge < -0.3 is 0 Å². The Bertz CT molecular complexity index is 425. The number of nitrogens with one attached hydrogen (secondary N) is 1. The van der Waals surface area contributed by atoms with Gasteiger partial charge in [0.25, 0.3) is 0 Å². The number of carbonyl (C=O) groups is 1. The van der Waals surface area contributed by atoms with Crippen LogP contribution in [0, 0.1) is 5.92 Å². The molecule has 0 atom stereocenters. The molecule has 0 aromatic carbocycles. The second-order valence-electron chi connectivity index (χ2n) is 4.37. The number of amidine groups is 1. The van der Waals surface area contributed by atoms with Gasteiger partial charge in [-0.3, -0.25) is 5.32 Å². The van der Waals surface area contributed by atoms with E-state index in [1.807, 2.05) is 0 Å². The Hall–Kier alpha value is -1.85. The number of hydrogen-bond donors (Lipinski definition) is 1. The predicted molar refractivity (Wildman–Crippen MR) is 65.0 cm³/mol. The lowest BCUT2D eigenvalue weighted by Crippen LogP contribution is -2.31. The minimum Gasteiger partial charge on any atom is -0.286 e. The van der Waals surface area contributed by atoms with Crippen molar-refractivity contribution in [3.05, 3.63) is 12.3 Å². The summed E-state index contributed by atoms with van der Waals surface area (Å²) in [5, 5.41) is 17.5. The fraction of sp³-hybridized carbons (Fsp3) is 0.545. The minimum absolute atomic E-state index is 0.288. The highest BCUT2D eigenvalue weighted by atomic mass is 16.2. The van der Waals surface area contributed by atoms with Crippen LogP contribution in [0.4, 0.5) is 4.79 Å². The van der Waals surface area contributed by atoms with E-state index in [0.717, 1.165) is 37.3 Å². The standard InChI is InChI=1S/C11H15N5O/c1-7-3-5-9(6-4-7)14-15-10-8(2)13-16-11(17)12-10/h7H,2-6H2,1H3,(H,12,15,17). The van der Waals surface area contributed by atoms with Gasteiger partial charge in [-0.1, -0.05) is 18.6 Å². The summed E-state index contributed by atoms with van der Waals surface area (Å²) in [5.41, 5.74) is 1.40. The molecule has 0 radical (unpaired) electrons. The number of urea groups is 1. The minimum atomic E-state index is -0.534. The third-order valence-electron chi connectivity index (χ3n) is 2.90. The van der Waals surface area contributed by atoms with Crippen molar-refractivity contribution in [2.24, 2.45) is 26.3 Å². The van der Waals surface area contributed by atoms with Crippen molar-refractivity contribution in [1.82, 2.24) is 5.32 Å². The van der Waals surface area contributed by atoms with E-state index in [4.69, 9.17) is 0 Å². The highest BCUT2D eigenvalue weighted by Crippen LogP contribution is 2.21. The number of nitrogens with zero attached hydrogens (tertiary/aromatic N) is 4. The van der Waals surface area contributed by atoms with E-state index >= 15 is 0 Å². The molecule has 0 unspecified atom stereocenters. The molecule has 1 fully saturated rings. The third kappa shape index (κ3) is 3.05. The molecule has 2 amide bonds. The zero-order valence-electron chi connectivity index (χ0n) is 9.81. The van der Waals surface area contributed by atoms with Crippen LogP contribution in [-0.2, 0) is 0 Å². The molecular weight excluding hydrogens is 218 g/mol. The van der Waals surface area contributed by atoms with Gasteiger partial charge in [-0.15, -0.1) is 10.2 Å². The fourth-order valence-corrected chi connectivity index (χ4v) is 1.75. The molecule has 1 heterocycles. The summed E-state index contributed by atoms with van der Waals surface area (Å²) in [6, 6.07) is -0.534. The first-order chi connectivity index (χ1) is 8.15. The van der Waals surface area contributed by atoms with Crippen molar-refractivity contribution in [1.29, 1.82) is 0 Å². The lowest BCUT2D eigenvalue weighted by Gasteiger charge is -2.18. The molecule has 0 aromatic rings. The van der Waals surface area contributed by atoms with E-state index < -0.39 is 6.03 Å². The van der Waals surface area contributed by atoms with Gasteiger partial charge in [0, 0.05) is 5.71 Å². The van der Waals surface area contributed by atoms with Crippen LogP contribution in [0.15, 0.2) is 32.7 Å². The lowest BCUT2D eigenvalue weighted by atomic mass is 9.90. The summed E-state index contributed by atoms with van der Waals surface area (Å²) in [4.78, 5) is 11.0. The van der Waals surface area contributed by atoms with Gasteiger partial charge in [0.15, 0.2) is 5.84 Å². The number of rotatable bonds is 1. The van der Waals surface area contributed by atoms with Crippen LogP contribution in [-0.4, -0.2) is 17.6 Å². The molecule has 0 spiro atoms. The topological polar surface area (TPSA) is 78.5 Å². The Kier molecular flexibility index (Phi) is 3.41. The molecule has 90 valence electrons. The van der Waals surface area contributed by atoms with E-state index in [0.29, 0.717) is 5.70 Å². The fourth-order valence-electron chi connectivity index (χ4n) is 1.75. The quantitative estimate of drug-likeness (QED) is 0.694. The Balaban J connectivity index is 2.05. The van der Waals surface area contributed by atoms with Crippen LogP contribution in [0.3, 0.4) is 0 Å². The van der Waals surface area contributed by atoms with Gasteiger partial charge in [-0.25, -0.2) is 4.79 Å². The van der Waals surface area contributed by atoms with Crippen molar-refractivity contribution in [3.63, 3.8) is 0 Å². The van der Waals surface area contributed by atoms with Crippen molar-refractivity contribution in [2.75, 3.05) is 0 Å². The van der Waals surface area contributed by atoms with Gasteiger partial charge in [0.05, 0.1) is 0 Å². The molecule has 0 aromatic heterocycles. The van der Waals surface area contributed by atoms with E-state index in [1.54, 1.807) is 0 Å². The molecule has 6 heteroatoms. The monoisotopic (exact) mass is 233 g/mol. The summed E-state index contributed by atoms with van der Waals surface area (Å²) in [6.07, 6.45) is 4.24. The first-order valence-corrected chi connectivity index (χ1v) is 5.70. The lowest BCUT2D eigenvalue weighted by molar-refractivity contribution is 0.251. The van der Waals surface area contributed by atoms with E-state index in [9.17, 15) is 4.79 Å². The van der Waals surface area contributed by atoms with E-state index in [1.165, 1.54) is 0 Å². The van der Waals surface area contributed by atoms with Crippen LogP contribution >= 0.6 is 0 Å². The Labute approximate surface area is 99.6 Å². The second kappa shape index (κ2) is 4.99. The maximum atomic E-state index is 11.0. The normalized spacial score (nSPS) is 27.2. The zero-order chi connectivity index (χ0) is 12.3. The smallest absolute Gasteiger partial charge is 0.286 e. The van der Waals surface area contributed by atoms with Gasteiger partial charge >= 0.3 is 6.03 Å². The summed E-state index contributed by atoms with van der Waals surface area (Å²) < 4.78 is 0. The maximum Gasteiger partial charge on any atom is 0.365 e. The molecule has 2 rings (SSSR count). The molecule has 2 aliphatic rings. The van der Waals surface area contributed by atoms with Crippen LogP contribution in [0.1, 0.15) is 32.6 Å². The Morgan fingerprint density at radius 3 is 2.71 bits per heavy atom. The molecule has 17 heavy (non-hydrogen) atoms. The van der Waals surface area contributed by atoms with Crippen LogP contribution in [0.25, 0.3) is 0 Å². The largest absolute Gasteiger partial charge is 0.365 e. The Morgan fingerprint density at radius 1 is 1.29 bits per heavy atom. The number of amides is 2. The van der Waals surface area contributed by atoms with Gasteiger partial charge in [0.2, 0.25) is 0 Å². The molecule has 1 aliphatic heterocycles. The first kappa shape index (κ1) is 11.6. The van der Waals surface area contributed by atoms with Crippen molar-refractivity contribution in [3.8, 4) is 0 Å².